The topological polar surface area (TPSA) is 43.8 Å². The molecule has 3 atom stereocenters. The van der Waals surface area contributed by atoms with Gasteiger partial charge in [0.1, 0.15) is 6.04 Å². The average Bonchev–Trinajstić information content (AvgIpc) is 2.40. The third-order valence-corrected chi connectivity index (χ3v) is 4.08. The van der Waals surface area contributed by atoms with Crippen LogP contribution in [-0.2, 0) is 4.79 Å². The predicted octanol–water partition coefficient (Wildman–Crippen LogP) is 0.628. The highest BCUT2D eigenvalue weighted by Crippen LogP contribution is 2.29. The number of hydrogen-bond acceptors (Lipinski definition) is 3. The molecule has 1 N–H and O–H groups in total. The van der Waals surface area contributed by atoms with Crippen LogP contribution in [0.4, 0.5) is 0 Å². The molecular formula is C11H20N2O2. The van der Waals surface area contributed by atoms with Gasteiger partial charge < -0.3 is 5.11 Å². The minimum absolute atomic E-state index is 0.335. The van der Waals surface area contributed by atoms with Gasteiger partial charge in [-0.1, -0.05) is 0 Å². The van der Waals surface area contributed by atoms with Crippen molar-refractivity contribution in [3.05, 3.63) is 0 Å². The van der Waals surface area contributed by atoms with Crippen molar-refractivity contribution < 1.29 is 9.90 Å². The Labute approximate surface area is 90.9 Å². The fourth-order valence-electron chi connectivity index (χ4n) is 2.84. The monoisotopic (exact) mass is 212 g/mol. The molecule has 15 heavy (non-hydrogen) atoms. The largest absolute Gasteiger partial charge is 0.480 e. The van der Waals surface area contributed by atoms with E-state index in [9.17, 15) is 4.79 Å². The van der Waals surface area contributed by atoms with Gasteiger partial charge >= 0.3 is 5.97 Å². The molecule has 2 saturated heterocycles. The van der Waals surface area contributed by atoms with E-state index in [0.29, 0.717) is 12.1 Å². The number of fused-ring (bicyclic) bond motifs is 2. The summed E-state index contributed by atoms with van der Waals surface area (Å²) in [5, 5.41) is 9.01. The highest BCUT2D eigenvalue weighted by atomic mass is 16.4. The summed E-state index contributed by atoms with van der Waals surface area (Å²) in [7, 11) is 2.18. The van der Waals surface area contributed by atoms with Crippen LogP contribution in [0.5, 0.6) is 0 Å². The van der Waals surface area contributed by atoms with Crippen LogP contribution in [0.15, 0.2) is 0 Å². The molecule has 86 valence electrons. The number of rotatable bonds is 2. The van der Waals surface area contributed by atoms with E-state index in [4.69, 9.17) is 5.11 Å². The van der Waals surface area contributed by atoms with Crippen molar-refractivity contribution in [2.75, 3.05) is 20.1 Å². The molecule has 2 aliphatic heterocycles. The number of likely N-dealkylation sites (N-methyl/N-ethyl adjacent to an activating group) is 1. The highest BCUT2D eigenvalue weighted by Gasteiger charge is 2.36. The van der Waals surface area contributed by atoms with Gasteiger partial charge in [-0.25, -0.2) is 0 Å². The van der Waals surface area contributed by atoms with Crippen molar-refractivity contribution in [2.45, 2.75) is 44.3 Å². The van der Waals surface area contributed by atoms with Crippen molar-refractivity contribution in [3.8, 4) is 0 Å². The normalized spacial score (nSPS) is 35.1. The van der Waals surface area contributed by atoms with Gasteiger partial charge in [0, 0.05) is 25.2 Å². The van der Waals surface area contributed by atoms with E-state index in [1.807, 2.05) is 0 Å². The number of carbonyl (C=O) groups is 1. The summed E-state index contributed by atoms with van der Waals surface area (Å²) in [6.45, 7) is 3.64. The van der Waals surface area contributed by atoms with Gasteiger partial charge in [-0.05, 0) is 33.2 Å². The van der Waals surface area contributed by atoms with Gasteiger partial charge in [0.2, 0.25) is 0 Å². The molecule has 2 fully saturated rings. The maximum atomic E-state index is 10.9. The molecule has 3 unspecified atom stereocenters. The van der Waals surface area contributed by atoms with Gasteiger partial charge in [-0.15, -0.1) is 0 Å². The molecule has 0 radical (unpaired) electrons. The SMILES string of the molecule is CC(C(=O)O)N1CCC2CCC(C1)N2C. The lowest BCUT2D eigenvalue weighted by molar-refractivity contribution is -0.142. The van der Waals surface area contributed by atoms with Crippen LogP contribution >= 0.6 is 0 Å². The van der Waals surface area contributed by atoms with Gasteiger partial charge in [0.25, 0.3) is 0 Å². The lowest BCUT2D eigenvalue weighted by Crippen LogP contribution is -2.44. The summed E-state index contributed by atoms with van der Waals surface area (Å²) in [6.07, 6.45) is 3.63. The lowest BCUT2D eigenvalue weighted by atomic mass is 10.1. The Morgan fingerprint density at radius 1 is 1.33 bits per heavy atom. The van der Waals surface area contributed by atoms with E-state index in [2.05, 4.69) is 16.8 Å². The molecule has 2 rings (SSSR count). The smallest absolute Gasteiger partial charge is 0.320 e. The Morgan fingerprint density at radius 3 is 2.67 bits per heavy atom. The van der Waals surface area contributed by atoms with E-state index in [0.717, 1.165) is 19.5 Å². The van der Waals surface area contributed by atoms with Crippen LogP contribution in [0.25, 0.3) is 0 Å². The Hall–Kier alpha value is -0.610. The summed E-state index contributed by atoms with van der Waals surface area (Å²) < 4.78 is 0. The van der Waals surface area contributed by atoms with E-state index >= 15 is 0 Å². The van der Waals surface area contributed by atoms with Gasteiger partial charge in [-0.2, -0.15) is 0 Å². The van der Waals surface area contributed by atoms with Crippen molar-refractivity contribution >= 4 is 5.97 Å². The first kappa shape index (κ1) is 10.9. The van der Waals surface area contributed by atoms with Crippen molar-refractivity contribution in [2.24, 2.45) is 0 Å². The molecule has 0 aromatic rings. The zero-order valence-corrected chi connectivity index (χ0v) is 9.52. The summed E-state index contributed by atoms with van der Waals surface area (Å²) in [6, 6.07) is 0.915. The predicted molar refractivity (Wildman–Crippen MR) is 57.9 cm³/mol. The first-order valence-corrected chi connectivity index (χ1v) is 5.78. The molecule has 0 saturated carbocycles. The maximum Gasteiger partial charge on any atom is 0.320 e. The van der Waals surface area contributed by atoms with Crippen molar-refractivity contribution in [1.29, 1.82) is 0 Å². The Balaban J connectivity index is 2.03. The van der Waals surface area contributed by atoms with E-state index in [-0.39, 0.29) is 6.04 Å². The second kappa shape index (κ2) is 4.10. The second-order valence-electron chi connectivity index (χ2n) is 4.85. The molecule has 0 amide bonds. The fraction of sp³-hybridized carbons (Fsp3) is 0.909. The standard InChI is InChI=1S/C11H20N2O2/c1-8(11(14)15)13-6-5-9-3-4-10(7-13)12(9)2/h8-10H,3-7H2,1-2H3,(H,14,15). The molecule has 0 aromatic carbocycles. The molecule has 2 heterocycles. The second-order valence-corrected chi connectivity index (χ2v) is 4.85. The Kier molecular flexibility index (Phi) is 2.98. The third-order valence-electron chi connectivity index (χ3n) is 4.08. The molecule has 4 nitrogen and oxygen atoms in total. The number of aliphatic carboxylic acids is 1. The minimum atomic E-state index is -0.699. The first-order chi connectivity index (χ1) is 7.09. The van der Waals surface area contributed by atoms with Crippen LogP contribution in [0.1, 0.15) is 26.2 Å². The maximum absolute atomic E-state index is 10.9. The van der Waals surface area contributed by atoms with E-state index in [1.165, 1.54) is 12.8 Å². The quantitative estimate of drug-likeness (QED) is 0.729. The number of nitrogens with zero attached hydrogens (tertiary/aromatic N) is 2. The van der Waals surface area contributed by atoms with Crippen LogP contribution in [0, 0.1) is 0 Å². The number of carboxylic acids is 1. The van der Waals surface area contributed by atoms with Crippen molar-refractivity contribution in [1.82, 2.24) is 9.80 Å². The van der Waals surface area contributed by atoms with Gasteiger partial charge in [0.15, 0.2) is 0 Å². The molecule has 0 aromatic heterocycles. The molecule has 2 aliphatic rings. The molecular weight excluding hydrogens is 192 g/mol. The zero-order chi connectivity index (χ0) is 11.0. The third kappa shape index (κ3) is 2.01. The first-order valence-electron chi connectivity index (χ1n) is 5.78. The molecule has 4 heteroatoms. The number of carboxylic acid groups (broad SMARTS) is 1. The lowest BCUT2D eigenvalue weighted by Gasteiger charge is -2.28. The summed E-state index contributed by atoms with van der Waals surface area (Å²) in [4.78, 5) is 15.5. The van der Waals surface area contributed by atoms with E-state index < -0.39 is 5.97 Å². The summed E-state index contributed by atoms with van der Waals surface area (Å²) in [5.74, 6) is -0.699. The Morgan fingerprint density at radius 2 is 2.00 bits per heavy atom. The van der Waals surface area contributed by atoms with Crippen LogP contribution < -0.4 is 0 Å². The van der Waals surface area contributed by atoms with Gasteiger partial charge in [-0.3, -0.25) is 14.6 Å². The number of hydrogen-bond donors (Lipinski definition) is 1. The van der Waals surface area contributed by atoms with Gasteiger partial charge in [0.05, 0.1) is 0 Å². The molecule has 0 spiro atoms. The Bertz CT molecular complexity index is 257. The summed E-state index contributed by atoms with van der Waals surface area (Å²) >= 11 is 0. The average molecular weight is 212 g/mol. The fourth-order valence-corrected chi connectivity index (χ4v) is 2.84. The van der Waals surface area contributed by atoms with Crippen LogP contribution in [-0.4, -0.2) is 59.1 Å². The highest BCUT2D eigenvalue weighted by molar-refractivity contribution is 5.72. The van der Waals surface area contributed by atoms with Crippen LogP contribution in [0.2, 0.25) is 0 Å². The number of likely N-dealkylation sites (tertiary alicyclic amines) is 1. The minimum Gasteiger partial charge on any atom is -0.480 e. The van der Waals surface area contributed by atoms with E-state index in [1.54, 1.807) is 6.92 Å². The molecule has 2 bridgehead atoms. The summed E-state index contributed by atoms with van der Waals surface area (Å²) in [5.41, 5.74) is 0. The van der Waals surface area contributed by atoms with Crippen molar-refractivity contribution in [3.63, 3.8) is 0 Å². The molecule has 0 aliphatic carbocycles. The van der Waals surface area contributed by atoms with Crippen LogP contribution in [0.3, 0.4) is 0 Å². The zero-order valence-electron chi connectivity index (χ0n) is 9.52.